The Bertz CT molecular complexity index is 844. The number of anilines is 2. The van der Waals surface area contributed by atoms with Gasteiger partial charge in [0.05, 0.1) is 25.6 Å². The highest BCUT2D eigenvalue weighted by Gasteiger charge is 2.13. The van der Waals surface area contributed by atoms with E-state index in [0.717, 1.165) is 6.20 Å². The molecule has 0 aromatic heterocycles. The molecule has 0 aliphatic heterocycles. The largest absolute Gasteiger partial charge is 0.497 e. The van der Waals surface area contributed by atoms with Crippen LogP contribution in [0.3, 0.4) is 0 Å². The molecular weight excluding hydrogens is 325 g/mol. The van der Waals surface area contributed by atoms with Gasteiger partial charge in [-0.1, -0.05) is 12.1 Å². The second-order valence-corrected chi connectivity index (χ2v) is 4.81. The van der Waals surface area contributed by atoms with E-state index in [2.05, 4.69) is 10.6 Å². The van der Waals surface area contributed by atoms with E-state index in [1.54, 1.807) is 30.3 Å². The molecule has 0 spiro atoms. The number of amides is 1. The summed E-state index contributed by atoms with van der Waals surface area (Å²) in [6.45, 7) is 0. The first-order chi connectivity index (χ1) is 12.1. The van der Waals surface area contributed by atoms with Crippen LogP contribution in [0.25, 0.3) is 0 Å². The quantitative estimate of drug-likeness (QED) is 0.622. The Morgan fingerprint density at radius 1 is 1.16 bits per heavy atom. The van der Waals surface area contributed by atoms with Crippen molar-refractivity contribution in [3.8, 4) is 17.6 Å². The van der Waals surface area contributed by atoms with Gasteiger partial charge in [0, 0.05) is 12.3 Å². The zero-order valence-corrected chi connectivity index (χ0v) is 13.7. The summed E-state index contributed by atoms with van der Waals surface area (Å²) in [4.78, 5) is 12.3. The van der Waals surface area contributed by atoms with Gasteiger partial charge in [-0.05, 0) is 24.3 Å². The van der Waals surface area contributed by atoms with Gasteiger partial charge in [0.25, 0.3) is 5.91 Å². The number of nitrogens with one attached hydrogen (secondary N) is 2. The maximum atomic E-state index is 13.6. The van der Waals surface area contributed by atoms with Crippen LogP contribution in [0.5, 0.6) is 11.5 Å². The lowest BCUT2D eigenvalue weighted by Gasteiger charge is -2.11. The normalized spacial score (nSPS) is 10.6. The molecule has 2 rings (SSSR count). The number of para-hydroxylation sites is 1. The summed E-state index contributed by atoms with van der Waals surface area (Å²) in [6, 6.07) is 12.6. The van der Waals surface area contributed by atoms with E-state index in [4.69, 9.17) is 9.47 Å². The third-order valence-corrected chi connectivity index (χ3v) is 3.27. The number of nitriles is 1. The number of carbonyl (C=O) groups excluding carboxylic acids is 1. The van der Waals surface area contributed by atoms with E-state index in [0.29, 0.717) is 17.2 Å². The average molecular weight is 341 g/mol. The average Bonchev–Trinajstić information content (AvgIpc) is 2.63. The van der Waals surface area contributed by atoms with Crippen LogP contribution in [0.4, 0.5) is 15.8 Å². The summed E-state index contributed by atoms with van der Waals surface area (Å²) in [5.41, 5.74) is 0.272. The Balaban J connectivity index is 2.19. The summed E-state index contributed by atoms with van der Waals surface area (Å²) in [7, 11) is 2.95. The minimum atomic E-state index is -0.669. The van der Waals surface area contributed by atoms with E-state index in [1.165, 1.54) is 32.4 Å². The molecule has 0 unspecified atom stereocenters. The van der Waals surface area contributed by atoms with E-state index in [-0.39, 0.29) is 11.3 Å². The topological polar surface area (TPSA) is 83.4 Å². The van der Waals surface area contributed by atoms with Gasteiger partial charge in [-0.3, -0.25) is 4.79 Å². The maximum absolute atomic E-state index is 13.6. The Labute approximate surface area is 144 Å². The predicted molar refractivity (Wildman–Crippen MR) is 91.9 cm³/mol. The SMILES string of the molecule is COc1ccc(OC)c(NC(=O)/C(C#N)=C\Nc2ccccc2F)c1. The highest BCUT2D eigenvalue weighted by Crippen LogP contribution is 2.29. The smallest absolute Gasteiger partial charge is 0.267 e. The Morgan fingerprint density at radius 3 is 2.56 bits per heavy atom. The van der Waals surface area contributed by atoms with Crippen molar-refractivity contribution in [3.63, 3.8) is 0 Å². The highest BCUT2D eigenvalue weighted by atomic mass is 19.1. The number of benzene rings is 2. The molecule has 128 valence electrons. The maximum Gasteiger partial charge on any atom is 0.267 e. The van der Waals surface area contributed by atoms with Crippen molar-refractivity contribution in [2.45, 2.75) is 0 Å². The standard InChI is InChI=1S/C18H16FN3O3/c1-24-13-7-8-17(25-2)16(9-13)22-18(23)12(10-20)11-21-15-6-4-3-5-14(15)19/h3-9,11,21H,1-2H3,(H,22,23)/b12-11-. The molecule has 2 aromatic rings. The van der Waals surface area contributed by atoms with Crippen LogP contribution in [0, 0.1) is 17.1 Å². The predicted octanol–water partition coefficient (Wildman–Crippen LogP) is 3.30. The number of rotatable bonds is 6. The third-order valence-electron chi connectivity index (χ3n) is 3.27. The summed E-state index contributed by atoms with van der Waals surface area (Å²) < 4.78 is 23.8. The van der Waals surface area contributed by atoms with Crippen molar-refractivity contribution in [1.82, 2.24) is 0 Å². The van der Waals surface area contributed by atoms with Gasteiger partial charge in [0.2, 0.25) is 0 Å². The van der Waals surface area contributed by atoms with Crippen LogP contribution in [0.2, 0.25) is 0 Å². The zero-order chi connectivity index (χ0) is 18.2. The van der Waals surface area contributed by atoms with Crippen LogP contribution >= 0.6 is 0 Å². The molecule has 0 atom stereocenters. The van der Waals surface area contributed by atoms with Crippen LogP contribution in [-0.4, -0.2) is 20.1 Å². The minimum absolute atomic E-state index is 0.155. The lowest BCUT2D eigenvalue weighted by atomic mass is 10.2. The molecule has 0 heterocycles. The van der Waals surface area contributed by atoms with Crippen molar-refractivity contribution in [3.05, 3.63) is 60.1 Å². The third kappa shape index (κ3) is 4.48. The van der Waals surface area contributed by atoms with Gasteiger partial charge in [0.1, 0.15) is 29.0 Å². The number of hydrogen-bond donors (Lipinski definition) is 2. The summed E-state index contributed by atoms with van der Waals surface area (Å²) >= 11 is 0. The molecule has 0 saturated heterocycles. The Morgan fingerprint density at radius 2 is 1.92 bits per heavy atom. The number of carbonyl (C=O) groups is 1. The molecule has 0 aliphatic carbocycles. The number of nitrogens with zero attached hydrogens (tertiary/aromatic N) is 1. The number of halogens is 1. The lowest BCUT2D eigenvalue weighted by Crippen LogP contribution is -2.15. The van der Waals surface area contributed by atoms with Crippen LogP contribution in [0.15, 0.2) is 54.2 Å². The van der Waals surface area contributed by atoms with Gasteiger partial charge in [-0.25, -0.2) is 4.39 Å². The van der Waals surface area contributed by atoms with Crippen molar-refractivity contribution in [2.24, 2.45) is 0 Å². The van der Waals surface area contributed by atoms with Crippen LogP contribution in [-0.2, 0) is 4.79 Å². The highest BCUT2D eigenvalue weighted by molar-refractivity contribution is 6.07. The fraction of sp³-hybridized carbons (Fsp3) is 0.111. The summed E-state index contributed by atoms with van der Waals surface area (Å²) in [6.07, 6.45) is 1.14. The van der Waals surface area contributed by atoms with E-state index in [1.807, 2.05) is 0 Å². The molecule has 0 aliphatic rings. The van der Waals surface area contributed by atoms with Gasteiger partial charge < -0.3 is 20.1 Å². The number of methoxy groups -OCH3 is 2. The van der Waals surface area contributed by atoms with Gasteiger partial charge >= 0.3 is 0 Å². The first kappa shape index (κ1) is 17.8. The Kier molecular flexibility index (Phi) is 5.96. The second-order valence-electron chi connectivity index (χ2n) is 4.81. The lowest BCUT2D eigenvalue weighted by molar-refractivity contribution is -0.112. The van der Waals surface area contributed by atoms with E-state index < -0.39 is 11.7 Å². The molecule has 0 fully saturated rings. The van der Waals surface area contributed by atoms with Crippen LogP contribution in [0.1, 0.15) is 0 Å². The first-order valence-electron chi connectivity index (χ1n) is 7.23. The summed E-state index contributed by atoms with van der Waals surface area (Å²) in [5, 5.41) is 14.4. The molecule has 7 heteroatoms. The monoisotopic (exact) mass is 341 g/mol. The van der Waals surface area contributed by atoms with Gasteiger partial charge in [0.15, 0.2) is 0 Å². The molecule has 6 nitrogen and oxygen atoms in total. The Hall–Kier alpha value is -3.53. The molecular formula is C18H16FN3O3. The van der Waals surface area contributed by atoms with Gasteiger partial charge in [-0.2, -0.15) is 5.26 Å². The fourth-order valence-electron chi connectivity index (χ4n) is 1.98. The fourth-order valence-corrected chi connectivity index (χ4v) is 1.98. The van der Waals surface area contributed by atoms with Crippen molar-refractivity contribution in [2.75, 3.05) is 24.9 Å². The van der Waals surface area contributed by atoms with Crippen molar-refractivity contribution >= 4 is 17.3 Å². The van der Waals surface area contributed by atoms with E-state index in [9.17, 15) is 14.4 Å². The molecule has 0 bridgehead atoms. The number of ether oxygens (including phenoxy) is 2. The number of hydrogen-bond acceptors (Lipinski definition) is 5. The van der Waals surface area contributed by atoms with Gasteiger partial charge in [-0.15, -0.1) is 0 Å². The van der Waals surface area contributed by atoms with Crippen molar-refractivity contribution in [1.29, 1.82) is 5.26 Å². The molecule has 25 heavy (non-hydrogen) atoms. The van der Waals surface area contributed by atoms with Crippen LogP contribution < -0.4 is 20.1 Å². The zero-order valence-electron chi connectivity index (χ0n) is 13.7. The van der Waals surface area contributed by atoms with E-state index >= 15 is 0 Å². The molecule has 0 radical (unpaired) electrons. The van der Waals surface area contributed by atoms with Crippen molar-refractivity contribution < 1.29 is 18.7 Å². The second kappa shape index (κ2) is 8.36. The molecule has 1 amide bonds. The summed E-state index contributed by atoms with van der Waals surface area (Å²) in [5.74, 6) is -0.236. The molecule has 2 N–H and O–H groups in total. The molecule has 0 saturated carbocycles. The minimum Gasteiger partial charge on any atom is -0.497 e. The molecule has 2 aromatic carbocycles. The first-order valence-corrected chi connectivity index (χ1v) is 7.23.